The van der Waals surface area contributed by atoms with Crippen LogP contribution in [0.15, 0.2) is 24.5 Å². The molecule has 3 nitrogen and oxygen atoms in total. The van der Waals surface area contributed by atoms with Gasteiger partial charge in [-0.1, -0.05) is 39.0 Å². The molecule has 0 bridgehead atoms. The first-order chi connectivity index (χ1) is 9.86. The van der Waals surface area contributed by atoms with E-state index in [0.717, 1.165) is 25.2 Å². The van der Waals surface area contributed by atoms with Crippen molar-refractivity contribution in [3.8, 4) is 0 Å². The molecule has 0 saturated heterocycles. The number of hydrogen-bond donors (Lipinski definition) is 0. The van der Waals surface area contributed by atoms with Gasteiger partial charge in [0.05, 0.1) is 6.61 Å². The molecule has 0 aliphatic heterocycles. The van der Waals surface area contributed by atoms with Gasteiger partial charge in [0.1, 0.15) is 0 Å². The van der Waals surface area contributed by atoms with Gasteiger partial charge in [-0.2, -0.15) is 0 Å². The van der Waals surface area contributed by atoms with Crippen LogP contribution in [0.4, 0.5) is 0 Å². The van der Waals surface area contributed by atoms with Crippen LogP contribution >= 0.6 is 0 Å². The molecule has 0 saturated carbocycles. The van der Waals surface area contributed by atoms with Crippen molar-refractivity contribution in [1.29, 1.82) is 0 Å². The highest BCUT2D eigenvalue weighted by Crippen LogP contribution is 2.06. The zero-order valence-corrected chi connectivity index (χ0v) is 13.1. The van der Waals surface area contributed by atoms with Crippen molar-refractivity contribution in [3.05, 3.63) is 30.1 Å². The third-order valence-electron chi connectivity index (χ3n) is 3.30. The summed E-state index contributed by atoms with van der Waals surface area (Å²) in [6, 6.07) is 4.06. The Bertz CT molecular complexity index is 342. The summed E-state index contributed by atoms with van der Waals surface area (Å²) in [6.45, 7) is 6.45. The van der Waals surface area contributed by atoms with E-state index < -0.39 is 0 Å². The second kappa shape index (κ2) is 11.7. The van der Waals surface area contributed by atoms with Gasteiger partial charge in [0.15, 0.2) is 6.61 Å². The van der Waals surface area contributed by atoms with Gasteiger partial charge in [-0.25, -0.2) is 0 Å². The molecular formula is C17H30NO2+. The number of rotatable bonds is 12. The number of ether oxygens (including phenoxy) is 1. The molecule has 0 radical (unpaired) electrons. The van der Waals surface area contributed by atoms with Crippen LogP contribution < -0.4 is 9.57 Å². The van der Waals surface area contributed by atoms with Crippen LogP contribution in [0.25, 0.3) is 0 Å². The molecule has 0 unspecified atom stereocenters. The van der Waals surface area contributed by atoms with E-state index in [4.69, 9.17) is 9.57 Å². The lowest BCUT2D eigenvalue weighted by Crippen LogP contribution is -2.42. The lowest BCUT2D eigenvalue weighted by molar-refractivity contribution is -0.891. The highest BCUT2D eigenvalue weighted by Gasteiger charge is 2.04. The van der Waals surface area contributed by atoms with Gasteiger partial charge < -0.3 is 4.74 Å². The molecule has 0 N–H and O–H groups in total. The van der Waals surface area contributed by atoms with Gasteiger partial charge in [-0.05, 0) is 25.8 Å². The predicted octanol–water partition coefficient (Wildman–Crippen LogP) is 3.69. The maximum atomic E-state index is 5.72. The fourth-order valence-electron chi connectivity index (χ4n) is 2.12. The summed E-state index contributed by atoms with van der Waals surface area (Å²) >= 11 is 0. The molecule has 0 aliphatic rings. The fourth-order valence-corrected chi connectivity index (χ4v) is 2.12. The van der Waals surface area contributed by atoms with Crippen molar-refractivity contribution in [2.75, 3.05) is 13.2 Å². The van der Waals surface area contributed by atoms with Crippen LogP contribution in [0.2, 0.25) is 0 Å². The Hall–Kier alpha value is -1.09. The first kappa shape index (κ1) is 17.0. The normalized spacial score (nSPS) is 10.7. The van der Waals surface area contributed by atoms with Crippen LogP contribution in [-0.4, -0.2) is 13.2 Å². The lowest BCUT2D eigenvalue weighted by Gasteiger charge is -2.02. The monoisotopic (exact) mass is 280 g/mol. The Kier molecular flexibility index (Phi) is 9.93. The molecule has 1 rings (SSSR count). The van der Waals surface area contributed by atoms with Crippen molar-refractivity contribution in [2.45, 2.75) is 65.4 Å². The Labute approximate surface area is 123 Å². The Morgan fingerprint density at radius 1 is 1.00 bits per heavy atom. The van der Waals surface area contributed by atoms with Crippen LogP contribution in [0, 0.1) is 0 Å². The van der Waals surface area contributed by atoms with E-state index in [-0.39, 0.29) is 0 Å². The molecule has 3 heteroatoms. The van der Waals surface area contributed by atoms with Gasteiger partial charge in [-0.3, -0.25) is 4.84 Å². The van der Waals surface area contributed by atoms with Gasteiger partial charge in [0.2, 0.25) is 12.4 Å². The number of nitrogens with zero attached hydrogens (tertiary/aromatic N) is 1. The maximum absolute atomic E-state index is 5.72. The molecule has 0 atom stereocenters. The van der Waals surface area contributed by atoms with E-state index in [9.17, 15) is 0 Å². The molecule has 20 heavy (non-hydrogen) atoms. The predicted molar refractivity (Wildman–Crippen MR) is 81.4 cm³/mol. The van der Waals surface area contributed by atoms with Crippen molar-refractivity contribution in [1.82, 2.24) is 0 Å². The number of hydrogen-bond acceptors (Lipinski definition) is 2. The maximum Gasteiger partial charge on any atom is 0.227 e. The molecule has 0 aromatic carbocycles. The zero-order valence-electron chi connectivity index (χ0n) is 13.1. The standard InChI is InChI=1S/C17H30NO2/c1-3-5-6-7-8-9-10-14-20-18-13-11-12-17(15-18)16-19-4-2/h11-13,15H,3-10,14,16H2,1-2H3/q+1. The second-order valence-electron chi connectivity index (χ2n) is 5.16. The summed E-state index contributed by atoms with van der Waals surface area (Å²) in [5, 5.41) is 0. The van der Waals surface area contributed by atoms with Crippen LogP contribution in [0.5, 0.6) is 0 Å². The average Bonchev–Trinajstić information content (AvgIpc) is 2.48. The smallest absolute Gasteiger partial charge is 0.227 e. The lowest BCUT2D eigenvalue weighted by atomic mass is 10.1. The second-order valence-corrected chi connectivity index (χ2v) is 5.16. The topological polar surface area (TPSA) is 22.3 Å². The third-order valence-corrected chi connectivity index (χ3v) is 3.30. The molecule has 1 aromatic rings. The molecule has 0 amide bonds. The minimum atomic E-state index is 0.651. The van der Waals surface area contributed by atoms with E-state index in [0.29, 0.717) is 6.61 Å². The van der Waals surface area contributed by atoms with Gasteiger partial charge in [0, 0.05) is 23.0 Å². The third kappa shape index (κ3) is 8.16. The molecular weight excluding hydrogens is 250 g/mol. The van der Waals surface area contributed by atoms with E-state index in [2.05, 4.69) is 13.0 Å². The van der Waals surface area contributed by atoms with E-state index >= 15 is 0 Å². The van der Waals surface area contributed by atoms with Gasteiger partial charge in [0.25, 0.3) is 0 Å². The summed E-state index contributed by atoms with van der Waals surface area (Å²) in [7, 11) is 0. The van der Waals surface area contributed by atoms with Crippen LogP contribution in [0.1, 0.15) is 64.4 Å². The summed E-state index contributed by atoms with van der Waals surface area (Å²) in [6.07, 6.45) is 13.1. The molecule has 0 spiro atoms. The number of unbranched alkanes of at least 4 members (excludes halogenated alkanes) is 6. The largest absolute Gasteiger partial charge is 0.377 e. The zero-order chi connectivity index (χ0) is 14.5. The SMILES string of the molecule is CCCCCCCCCO[n+]1cccc(COCC)c1. The first-order valence-electron chi connectivity index (χ1n) is 8.08. The number of pyridine rings is 1. The van der Waals surface area contributed by atoms with Crippen molar-refractivity contribution in [3.63, 3.8) is 0 Å². The average molecular weight is 280 g/mol. The highest BCUT2D eigenvalue weighted by molar-refractivity contribution is 5.03. The Balaban J connectivity index is 2.09. The molecule has 114 valence electrons. The summed E-state index contributed by atoms with van der Waals surface area (Å²) in [5.74, 6) is 0. The fraction of sp³-hybridized carbons (Fsp3) is 0.706. The Morgan fingerprint density at radius 2 is 1.75 bits per heavy atom. The van der Waals surface area contributed by atoms with E-state index in [1.54, 1.807) is 4.73 Å². The highest BCUT2D eigenvalue weighted by atomic mass is 16.7. The van der Waals surface area contributed by atoms with Crippen molar-refractivity contribution in [2.24, 2.45) is 0 Å². The van der Waals surface area contributed by atoms with E-state index in [1.807, 2.05) is 25.4 Å². The van der Waals surface area contributed by atoms with Gasteiger partial charge >= 0.3 is 0 Å². The van der Waals surface area contributed by atoms with E-state index in [1.165, 1.54) is 38.5 Å². The van der Waals surface area contributed by atoms with Gasteiger partial charge in [-0.15, -0.1) is 0 Å². The summed E-state index contributed by atoms with van der Waals surface area (Å²) in [5.41, 5.74) is 1.15. The summed E-state index contributed by atoms with van der Waals surface area (Å²) in [4.78, 5) is 5.72. The quantitative estimate of drug-likeness (QED) is 0.430. The molecule has 1 aromatic heterocycles. The van der Waals surface area contributed by atoms with Crippen molar-refractivity contribution >= 4 is 0 Å². The molecule has 0 aliphatic carbocycles. The minimum Gasteiger partial charge on any atom is -0.377 e. The van der Waals surface area contributed by atoms with Crippen LogP contribution in [-0.2, 0) is 11.3 Å². The molecule has 1 heterocycles. The van der Waals surface area contributed by atoms with Crippen LogP contribution in [0.3, 0.4) is 0 Å². The van der Waals surface area contributed by atoms with Crippen molar-refractivity contribution < 1.29 is 14.3 Å². The summed E-state index contributed by atoms with van der Waals surface area (Å²) < 4.78 is 7.19. The Morgan fingerprint density at radius 3 is 2.50 bits per heavy atom. The molecule has 0 fully saturated rings. The minimum absolute atomic E-state index is 0.651. The number of aromatic nitrogens is 1. The first-order valence-corrected chi connectivity index (χ1v) is 8.08.